The molecule has 0 aliphatic heterocycles. The minimum Gasteiger partial charge on any atom is -0.361 e. The Bertz CT molecular complexity index is 104. The van der Waals surface area contributed by atoms with Gasteiger partial charge in [-0.25, -0.2) is 0 Å². The molecule has 3 heteroatoms. The molecular weight excluding hydrogens is 162 g/mol. The summed E-state index contributed by atoms with van der Waals surface area (Å²) in [4.78, 5) is 2.09. The Balaban J connectivity index is 3.42. The van der Waals surface area contributed by atoms with Gasteiger partial charge in [0.1, 0.15) is 4.32 Å². The predicted molar refractivity (Wildman–Crippen MR) is 53.7 cm³/mol. The first-order chi connectivity index (χ1) is 4.72. The SMILES string of the molecule is CCCSC(=S)N(C)CC. The second-order valence-electron chi connectivity index (χ2n) is 2.13. The van der Waals surface area contributed by atoms with Gasteiger partial charge >= 0.3 is 0 Å². The van der Waals surface area contributed by atoms with Crippen LogP contribution < -0.4 is 0 Å². The highest BCUT2D eigenvalue weighted by Gasteiger charge is 1.99. The lowest BCUT2D eigenvalue weighted by molar-refractivity contribution is 0.555. The van der Waals surface area contributed by atoms with Crippen molar-refractivity contribution >= 4 is 28.3 Å². The van der Waals surface area contributed by atoms with Gasteiger partial charge in [-0.2, -0.15) is 0 Å². The first-order valence-corrected chi connectivity index (χ1v) is 4.99. The maximum absolute atomic E-state index is 5.13. The Morgan fingerprint density at radius 1 is 1.50 bits per heavy atom. The summed E-state index contributed by atoms with van der Waals surface area (Å²) in [6, 6.07) is 0. The quantitative estimate of drug-likeness (QED) is 0.609. The van der Waals surface area contributed by atoms with Crippen LogP contribution >= 0.6 is 24.0 Å². The molecule has 0 unspecified atom stereocenters. The fourth-order valence-corrected chi connectivity index (χ4v) is 1.54. The largest absolute Gasteiger partial charge is 0.361 e. The molecule has 0 aromatic rings. The lowest BCUT2D eigenvalue weighted by atomic mass is 10.6. The van der Waals surface area contributed by atoms with Crippen LogP contribution in [0.25, 0.3) is 0 Å². The van der Waals surface area contributed by atoms with Gasteiger partial charge in [0.05, 0.1) is 0 Å². The van der Waals surface area contributed by atoms with E-state index < -0.39 is 0 Å². The minimum atomic E-state index is 1.01. The Kier molecular flexibility index (Phi) is 6.13. The average molecular weight is 177 g/mol. The van der Waals surface area contributed by atoms with Gasteiger partial charge in [-0.05, 0) is 19.1 Å². The van der Waals surface area contributed by atoms with E-state index in [4.69, 9.17) is 12.2 Å². The smallest absolute Gasteiger partial charge is 0.136 e. The van der Waals surface area contributed by atoms with E-state index in [1.807, 2.05) is 7.05 Å². The molecule has 0 bridgehead atoms. The van der Waals surface area contributed by atoms with Crippen molar-refractivity contribution in [2.45, 2.75) is 20.3 Å². The molecular formula is C7H15NS2. The molecule has 0 aliphatic carbocycles. The summed E-state index contributed by atoms with van der Waals surface area (Å²) < 4.78 is 1.02. The van der Waals surface area contributed by atoms with Gasteiger partial charge in [-0.3, -0.25) is 0 Å². The molecule has 0 aliphatic rings. The topological polar surface area (TPSA) is 3.24 Å². The highest BCUT2D eigenvalue weighted by atomic mass is 32.2. The van der Waals surface area contributed by atoms with Crippen molar-refractivity contribution in [3.8, 4) is 0 Å². The van der Waals surface area contributed by atoms with E-state index >= 15 is 0 Å². The molecule has 60 valence electrons. The van der Waals surface area contributed by atoms with Crippen LogP contribution in [0, 0.1) is 0 Å². The molecule has 0 saturated heterocycles. The third-order valence-electron chi connectivity index (χ3n) is 1.22. The zero-order valence-corrected chi connectivity index (χ0v) is 8.52. The van der Waals surface area contributed by atoms with Gasteiger partial charge < -0.3 is 4.90 Å². The van der Waals surface area contributed by atoms with Crippen molar-refractivity contribution in [3.63, 3.8) is 0 Å². The number of thioether (sulfide) groups is 1. The number of hydrogen-bond donors (Lipinski definition) is 0. The third-order valence-corrected chi connectivity index (χ3v) is 3.05. The minimum absolute atomic E-state index is 1.01. The fourth-order valence-electron chi connectivity index (χ4n) is 0.429. The van der Waals surface area contributed by atoms with Gasteiger partial charge in [0.15, 0.2) is 0 Å². The maximum Gasteiger partial charge on any atom is 0.136 e. The molecule has 0 rings (SSSR count). The van der Waals surface area contributed by atoms with Crippen LogP contribution in [0.5, 0.6) is 0 Å². The van der Waals surface area contributed by atoms with Gasteiger partial charge in [-0.15, -0.1) is 0 Å². The van der Waals surface area contributed by atoms with Gasteiger partial charge in [0.2, 0.25) is 0 Å². The monoisotopic (exact) mass is 177 g/mol. The van der Waals surface area contributed by atoms with E-state index in [0.29, 0.717) is 0 Å². The van der Waals surface area contributed by atoms with Crippen LogP contribution in [-0.2, 0) is 0 Å². The zero-order valence-electron chi connectivity index (χ0n) is 6.89. The molecule has 0 heterocycles. The lowest BCUT2D eigenvalue weighted by Gasteiger charge is -2.15. The van der Waals surface area contributed by atoms with E-state index in [0.717, 1.165) is 16.6 Å². The normalized spacial score (nSPS) is 9.50. The van der Waals surface area contributed by atoms with E-state index in [9.17, 15) is 0 Å². The number of hydrogen-bond acceptors (Lipinski definition) is 2. The molecule has 0 saturated carbocycles. The van der Waals surface area contributed by atoms with Crippen LogP contribution in [-0.4, -0.2) is 28.6 Å². The summed E-state index contributed by atoms with van der Waals surface area (Å²) in [5, 5.41) is 0. The van der Waals surface area contributed by atoms with Crippen LogP contribution in [0.15, 0.2) is 0 Å². The van der Waals surface area contributed by atoms with Crippen LogP contribution in [0.2, 0.25) is 0 Å². The summed E-state index contributed by atoms with van der Waals surface area (Å²) in [6.45, 7) is 5.29. The fraction of sp³-hybridized carbons (Fsp3) is 0.857. The summed E-state index contributed by atoms with van der Waals surface area (Å²) in [7, 11) is 2.03. The third kappa shape index (κ3) is 4.12. The van der Waals surface area contributed by atoms with Crippen molar-refractivity contribution in [1.29, 1.82) is 0 Å². The predicted octanol–water partition coefficient (Wildman–Crippen LogP) is 2.37. The maximum atomic E-state index is 5.13. The van der Waals surface area contributed by atoms with Crippen LogP contribution in [0.4, 0.5) is 0 Å². The molecule has 0 aromatic carbocycles. The van der Waals surface area contributed by atoms with E-state index in [1.54, 1.807) is 11.8 Å². The molecule has 10 heavy (non-hydrogen) atoms. The van der Waals surface area contributed by atoms with Crippen molar-refractivity contribution < 1.29 is 0 Å². The second-order valence-corrected chi connectivity index (χ2v) is 3.86. The first kappa shape index (κ1) is 10.2. The average Bonchev–Trinajstić information content (AvgIpc) is 1.98. The Labute approximate surface area is 73.2 Å². The molecule has 0 aromatic heterocycles. The highest BCUT2D eigenvalue weighted by Crippen LogP contribution is 2.08. The Morgan fingerprint density at radius 3 is 2.50 bits per heavy atom. The van der Waals surface area contributed by atoms with E-state index in [-0.39, 0.29) is 0 Å². The zero-order chi connectivity index (χ0) is 7.98. The van der Waals surface area contributed by atoms with E-state index in [2.05, 4.69) is 18.7 Å². The first-order valence-electron chi connectivity index (χ1n) is 3.60. The number of nitrogens with zero attached hydrogens (tertiary/aromatic N) is 1. The van der Waals surface area contributed by atoms with Crippen LogP contribution in [0.1, 0.15) is 20.3 Å². The van der Waals surface area contributed by atoms with Crippen molar-refractivity contribution in [1.82, 2.24) is 4.90 Å². The molecule has 0 spiro atoms. The molecule has 0 amide bonds. The summed E-state index contributed by atoms with van der Waals surface area (Å²) in [5.41, 5.74) is 0. The van der Waals surface area contributed by atoms with Crippen molar-refractivity contribution in [2.24, 2.45) is 0 Å². The van der Waals surface area contributed by atoms with Gasteiger partial charge in [-0.1, -0.05) is 30.9 Å². The van der Waals surface area contributed by atoms with Crippen LogP contribution in [0.3, 0.4) is 0 Å². The van der Waals surface area contributed by atoms with E-state index in [1.165, 1.54) is 6.42 Å². The lowest BCUT2D eigenvalue weighted by Crippen LogP contribution is -2.21. The molecule has 1 nitrogen and oxygen atoms in total. The summed E-state index contributed by atoms with van der Waals surface area (Å²) in [6.07, 6.45) is 1.20. The number of rotatable bonds is 3. The molecule has 0 N–H and O–H groups in total. The van der Waals surface area contributed by atoms with Gasteiger partial charge in [0.25, 0.3) is 0 Å². The number of thiocarbonyl (C=S) groups is 1. The molecule has 0 fully saturated rings. The van der Waals surface area contributed by atoms with Crippen molar-refractivity contribution in [2.75, 3.05) is 19.3 Å². The Morgan fingerprint density at radius 2 is 2.10 bits per heavy atom. The summed E-state index contributed by atoms with van der Waals surface area (Å²) in [5.74, 6) is 1.14. The molecule has 0 radical (unpaired) electrons. The molecule has 0 atom stereocenters. The Hall–Kier alpha value is 0.240. The second kappa shape index (κ2) is 5.98. The van der Waals surface area contributed by atoms with Crippen molar-refractivity contribution in [3.05, 3.63) is 0 Å². The standard InChI is InChI=1S/C7H15NS2/c1-4-6-10-7(9)8(3)5-2/h4-6H2,1-3H3. The summed E-state index contributed by atoms with van der Waals surface area (Å²) >= 11 is 6.90. The van der Waals surface area contributed by atoms with Gasteiger partial charge in [0, 0.05) is 13.6 Å². The highest BCUT2D eigenvalue weighted by molar-refractivity contribution is 8.22.